The largest absolute Gasteiger partial charge is 0.497 e. The molecule has 3 aromatic carbocycles. The number of nitrogens with zero attached hydrogens (tertiary/aromatic N) is 1. The number of benzene rings is 3. The first-order valence-electron chi connectivity index (χ1n) is 12.0. The van der Waals surface area contributed by atoms with Gasteiger partial charge in [0.2, 0.25) is 5.76 Å². The summed E-state index contributed by atoms with van der Waals surface area (Å²) >= 11 is 6.18. The summed E-state index contributed by atoms with van der Waals surface area (Å²) in [5.74, 6) is 0.908. The van der Waals surface area contributed by atoms with Crippen molar-refractivity contribution < 1.29 is 18.7 Å². The Hall–Kier alpha value is -3.77. The molecule has 0 saturated carbocycles. The topological polar surface area (TPSA) is 69.0 Å². The lowest BCUT2D eigenvalue weighted by Gasteiger charge is -2.26. The molecule has 2 heterocycles. The van der Waals surface area contributed by atoms with Crippen molar-refractivity contribution in [3.8, 4) is 11.5 Å². The molecule has 0 spiro atoms. The number of halogens is 1. The van der Waals surface area contributed by atoms with Crippen molar-refractivity contribution >= 4 is 34.2 Å². The van der Waals surface area contributed by atoms with Crippen LogP contribution in [0.5, 0.6) is 11.5 Å². The number of ether oxygens (including phenoxy) is 2. The molecule has 184 valence electrons. The molecule has 1 aliphatic heterocycles. The van der Waals surface area contributed by atoms with E-state index in [2.05, 4.69) is 6.92 Å². The molecule has 4 aromatic rings. The predicted octanol–water partition coefficient (Wildman–Crippen LogP) is 6.77. The van der Waals surface area contributed by atoms with Crippen LogP contribution in [-0.2, 0) is 0 Å². The first-order chi connectivity index (χ1) is 17.5. The molecule has 1 atom stereocenters. The molecule has 36 heavy (non-hydrogen) atoms. The maximum atomic E-state index is 13.8. The number of methoxy groups -OCH3 is 1. The molecule has 0 radical (unpaired) electrons. The van der Waals surface area contributed by atoms with Crippen LogP contribution >= 0.6 is 11.6 Å². The minimum Gasteiger partial charge on any atom is -0.497 e. The summed E-state index contributed by atoms with van der Waals surface area (Å²) in [7, 11) is 1.57. The SMILES string of the molecule is CCCCCOc1cccc(C2c3c(oc4ccc(Cl)cc4c3=O)C(=O)N2c2cccc(OC)c2)c1. The fraction of sp³-hybridized carbons (Fsp3) is 0.241. The summed E-state index contributed by atoms with van der Waals surface area (Å²) in [6.45, 7) is 2.74. The zero-order valence-electron chi connectivity index (χ0n) is 20.1. The van der Waals surface area contributed by atoms with Crippen LogP contribution in [0.4, 0.5) is 5.69 Å². The molecule has 0 N–H and O–H groups in total. The van der Waals surface area contributed by atoms with Crippen molar-refractivity contribution in [3.05, 3.63) is 98.9 Å². The second-order valence-electron chi connectivity index (χ2n) is 8.72. The van der Waals surface area contributed by atoms with E-state index in [1.54, 1.807) is 48.4 Å². The number of amides is 1. The van der Waals surface area contributed by atoms with Gasteiger partial charge in [0, 0.05) is 16.8 Å². The van der Waals surface area contributed by atoms with Crippen molar-refractivity contribution in [2.24, 2.45) is 0 Å². The molecule has 5 rings (SSSR count). The Morgan fingerprint density at radius 3 is 2.58 bits per heavy atom. The number of fused-ring (bicyclic) bond motifs is 2. The van der Waals surface area contributed by atoms with Gasteiger partial charge < -0.3 is 13.9 Å². The molecule has 0 saturated heterocycles. The number of hydrogen-bond acceptors (Lipinski definition) is 5. The molecule has 1 unspecified atom stereocenters. The summed E-state index contributed by atoms with van der Waals surface area (Å²) < 4.78 is 17.4. The van der Waals surface area contributed by atoms with Gasteiger partial charge in [-0.2, -0.15) is 0 Å². The van der Waals surface area contributed by atoms with Gasteiger partial charge in [-0.05, 0) is 54.4 Å². The first-order valence-corrected chi connectivity index (χ1v) is 12.4. The van der Waals surface area contributed by atoms with E-state index in [0.29, 0.717) is 39.8 Å². The number of carbonyl (C=O) groups is 1. The zero-order chi connectivity index (χ0) is 25.2. The van der Waals surface area contributed by atoms with Crippen LogP contribution in [0.1, 0.15) is 53.9 Å². The van der Waals surface area contributed by atoms with Gasteiger partial charge in [0.25, 0.3) is 5.91 Å². The van der Waals surface area contributed by atoms with Crippen LogP contribution < -0.4 is 19.8 Å². The fourth-order valence-corrected chi connectivity index (χ4v) is 4.78. The second kappa shape index (κ2) is 10.1. The van der Waals surface area contributed by atoms with Crippen LogP contribution in [-0.4, -0.2) is 19.6 Å². The van der Waals surface area contributed by atoms with Gasteiger partial charge in [-0.15, -0.1) is 0 Å². The van der Waals surface area contributed by atoms with E-state index >= 15 is 0 Å². The lowest BCUT2D eigenvalue weighted by Crippen LogP contribution is -2.29. The van der Waals surface area contributed by atoms with Gasteiger partial charge in [-0.3, -0.25) is 14.5 Å². The molecule has 0 bridgehead atoms. The summed E-state index contributed by atoms with van der Waals surface area (Å²) in [4.78, 5) is 29.1. The average molecular weight is 504 g/mol. The van der Waals surface area contributed by atoms with Crippen molar-refractivity contribution in [2.75, 3.05) is 18.6 Å². The zero-order valence-corrected chi connectivity index (χ0v) is 20.9. The standard InChI is InChI=1S/C29H26ClNO5/c1-3-4-5-14-35-22-11-6-8-18(15-22)26-25-27(32)23-16-19(30)12-13-24(23)36-28(25)29(33)31(26)20-9-7-10-21(17-20)34-2/h6-13,15-17,26H,3-5,14H2,1-2H3. The molecule has 0 fully saturated rings. The van der Waals surface area contributed by atoms with E-state index in [-0.39, 0.29) is 16.8 Å². The smallest absolute Gasteiger partial charge is 0.295 e. The van der Waals surface area contributed by atoms with Crippen molar-refractivity contribution in [1.82, 2.24) is 0 Å². The number of rotatable bonds is 8. The van der Waals surface area contributed by atoms with E-state index in [9.17, 15) is 9.59 Å². The Morgan fingerprint density at radius 2 is 1.78 bits per heavy atom. The van der Waals surface area contributed by atoms with Gasteiger partial charge in [0.05, 0.1) is 30.7 Å². The number of anilines is 1. The molecule has 1 aliphatic rings. The lowest BCUT2D eigenvalue weighted by atomic mass is 9.98. The normalized spacial score (nSPS) is 14.8. The molecule has 6 nitrogen and oxygen atoms in total. The Labute approximate surface area is 214 Å². The summed E-state index contributed by atoms with van der Waals surface area (Å²) in [5.41, 5.74) is 1.64. The quantitative estimate of drug-likeness (QED) is 0.248. The average Bonchev–Trinajstić information content (AvgIpc) is 3.19. The molecule has 0 aliphatic carbocycles. The first kappa shape index (κ1) is 23.9. The van der Waals surface area contributed by atoms with Crippen LogP contribution in [0, 0.1) is 0 Å². The van der Waals surface area contributed by atoms with Crippen LogP contribution in [0.2, 0.25) is 5.02 Å². The van der Waals surface area contributed by atoms with E-state index in [0.717, 1.165) is 24.8 Å². The number of unbranched alkanes of at least 4 members (excludes halogenated alkanes) is 2. The van der Waals surface area contributed by atoms with Crippen LogP contribution in [0.15, 0.2) is 75.9 Å². The highest BCUT2D eigenvalue weighted by molar-refractivity contribution is 6.31. The van der Waals surface area contributed by atoms with Crippen LogP contribution in [0.3, 0.4) is 0 Å². The molecular formula is C29H26ClNO5. The Bertz CT molecular complexity index is 1500. The third kappa shape index (κ3) is 4.33. The van der Waals surface area contributed by atoms with E-state index in [1.807, 2.05) is 30.3 Å². The van der Waals surface area contributed by atoms with Crippen molar-refractivity contribution in [3.63, 3.8) is 0 Å². The highest BCUT2D eigenvalue weighted by Crippen LogP contribution is 2.42. The second-order valence-corrected chi connectivity index (χ2v) is 9.16. The minimum absolute atomic E-state index is 0.0249. The van der Waals surface area contributed by atoms with E-state index < -0.39 is 11.9 Å². The molecular weight excluding hydrogens is 478 g/mol. The maximum absolute atomic E-state index is 13.8. The summed E-state index contributed by atoms with van der Waals surface area (Å²) in [5, 5.41) is 0.751. The van der Waals surface area contributed by atoms with Gasteiger partial charge >= 0.3 is 0 Å². The van der Waals surface area contributed by atoms with Gasteiger partial charge in [0.1, 0.15) is 17.1 Å². The molecule has 7 heteroatoms. The Kier molecular flexibility index (Phi) is 6.70. The van der Waals surface area contributed by atoms with E-state index in [4.69, 9.17) is 25.5 Å². The maximum Gasteiger partial charge on any atom is 0.295 e. The molecule has 1 aromatic heterocycles. The molecule has 1 amide bonds. The number of hydrogen-bond donors (Lipinski definition) is 0. The highest BCUT2D eigenvalue weighted by Gasteiger charge is 2.44. The predicted molar refractivity (Wildman–Crippen MR) is 141 cm³/mol. The van der Waals surface area contributed by atoms with Crippen molar-refractivity contribution in [2.45, 2.75) is 32.2 Å². The monoisotopic (exact) mass is 503 g/mol. The van der Waals surface area contributed by atoms with Crippen molar-refractivity contribution in [1.29, 1.82) is 0 Å². The third-order valence-electron chi connectivity index (χ3n) is 6.35. The summed E-state index contributed by atoms with van der Waals surface area (Å²) in [6, 6.07) is 18.8. The Balaban J connectivity index is 1.68. The van der Waals surface area contributed by atoms with Gasteiger partial charge in [0.15, 0.2) is 5.43 Å². The van der Waals surface area contributed by atoms with E-state index in [1.165, 1.54) is 0 Å². The summed E-state index contributed by atoms with van der Waals surface area (Å²) in [6.07, 6.45) is 3.15. The number of carbonyl (C=O) groups excluding carboxylic acids is 1. The minimum atomic E-state index is -0.710. The highest BCUT2D eigenvalue weighted by atomic mass is 35.5. The van der Waals surface area contributed by atoms with Gasteiger partial charge in [-0.1, -0.05) is 49.6 Å². The van der Waals surface area contributed by atoms with Crippen LogP contribution in [0.25, 0.3) is 11.0 Å². The third-order valence-corrected chi connectivity index (χ3v) is 6.59. The Morgan fingerprint density at radius 1 is 0.972 bits per heavy atom. The van der Waals surface area contributed by atoms with Gasteiger partial charge in [-0.25, -0.2) is 0 Å². The fourth-order valence-electron chi connectivity index (χ4n) is 4.60. The lowest BCUT2D eigenvalue weighted by molar-refractivity contribution is 0.0971.